The Kier molecular flexibility index (Phi) is 2.07. The lowest BCUT2D eigenvalue weighted by molar-refractivity contribution is 0.442. The van der Waals surface area contributed by atoms with Gasteiger partial charge in [-0.1, -0.05) is 19.3 Å². The molecule has 14 heavy (non-hydrogen) atoms. The molecule has 1 aromatic rings. The monoisotopic (exact) mass is 190 g/mol. The third-order valence-electron chi connectivity index (χ3n) is 3.81. The Morgan fingerprint density at radius 1 is 1.14 bits per heavy atom. The van der Waals surface area contributed by atoms with Crippen LogP contribution in [0.1, 0.15) is 55.7 Å². The molecule has 0 amide bonds. The van der Waals surface area contributed by atoms with Crippen LogP contribution < -0.4 is 0 Å². The Labute approximate surface area is 85.3 Å². The van der Waals surface area contributed by atoms with Crippen LogP contribution in [-0.2, 0) is 13.0 Å². The van der Waals surface area contributed by atoms with Crippen LogP contribution in [-0.4, -0.2) is 9.78 Å². The van der Waals surface area contributed by atoms with Crippen LogP contribution >= 0.6 is 0 Å². The zero-order valence-electron chi connectivity index (χ0n) is 8.71. The molecule has 1 fully saturated rings. The Balaban J connectivity index is 1.88. The van der Waals surface area contributed by atoms with Crippen LogP contribution in [0.3, 0.4) is 0 Å². The van der Waals surface area contributed by atoms with Crippen molar-refractivity contribution in [3.05, 3.63) is 17.5 Å². The second kappa shape index (κ2) is 3.41. The van der Waals surface area contributed by atoms with Crippen molar-refractivity contribution >= 4 is 0 Å². The fourth-order valence-corrected chi connectivity index (χ4v) is 3.04. The highest BCUT2D eigenvalue weighted by molar-refractivity contribution is 5.24. The summed E-state index contributed by atoms with van der Waals surface area (Å²) in [5.41, 5.74) is 3.14. The maximum absolute atomic E-state index is 4.49. The summed E-state index contributed by atoms with van der Waals surface area (Å²) < 4.78 is 2.23. The van der Waals surface area contributed by atoms with Gasteiger partial charge in [-0.2, -0.15) is 5.10 Å². The normalized spacial score (nSPS) is 22.6. The zero-order chi connectivity index (χ0) is 9.38. The maximum atomic E-state index is 4.49. The smallest absolute Gasteiger partial charge is 0.0527 e. The molecule has 1 aliphatic heterocycles. The van der Waals surface area contributed by atoms with E-state index in [0.29, 0.717) is 0 Å². The highest BCUT2D eigenvalue weighted by Crippen LogP contribution is 2.35. The van der Waals surface area contributed by atoms with E-state index in [2.05, 4.69) is 16.0 Å². The quantitative estimate of drug-likeness (QED) is 0.665. The highest BCUT2D eigenvalue weighted by atomic mass is 15.3. The lowest BCUT2D eigenvalue weighted by Crippen LogP contribution is -2.05. The van der Waals surface area contributed by atoms with Crippen molar-refractivity contribution in [2.24, 2.45) is 0 Å². The molecule has 1 aliphatic carbocycles. The second-order valence-corrected chi connectivity index (χ2v) is 4.71. The van der Waals surface area contributed by atoms with E-state index in [-0.39, 0.29) is 0 Å². The Morgan fingerprint density at radius 3 is 2.86 bits per heavy atom. The number of aryl methyl sites for hydroxylation is 1. The van der Waals surface area contributed by atoms with Crippen molar-refractivity contribution in [3.8, 4) is 0 Å². The molecule has 0 aromatic carbocycles. The number of nitrogens with zero attached hydrogens (tertiary/aromatic N) is 2. The average Bonchev–Trinajstić information content (AvgIpc) is 2.79. The molecule has 0 saturated heterocycles. The maximum Gasteiger partial charge on any atom is 0.0527 e. The molecule has 1 aromatic heterocycles. The van der Waals surface area contributed by atoms with Gasteiger partial charge in [-0.15, -0.1) is 0 Å². The fourth-order valence-electron chi connectivity index (χ4n) is 3.04. The van der Waals surface area contributed by atoms with E-state index in [9.17, 15) is 0 Å². The molecule has 0 unspecified atom stereocenters. The van der Waals surface area contributed by atoms with Crippen LogP contribution in [0.4, 0.5) is 0 Å². The van der Waals surface area contributed by atoms with E-state index in [4.69, 9.17) is 0 Å². The zero-order valence-corrected chi connectivity index (χ0v) is 8.71. The minimum absolute atomic E-state index is 0.839. The summed E-state index contributed by atoms with van der Waals surface area (Å²) in [5, 5.41) is 4.49. The summed E-state index contributed by atoms with van der Waals surface area (Å²) in [6, 6.07) is 0. The first-order valence-corrected chi connectivity index (χ1v) is 6.00. The molecule has 2 nitrogen and oxygen atoms in total. The largest absolute Gasteiger partial charge is 0.269 e. The van der Waals surface area contributed by atoms with E-state index < -0.39 is 0 Å². The van der Waals surface area contributed by atoms with Crippen LogP contribution in [0.5, 0.6) is 0 Å². The van der Waals surface area contributed by atoms with Gasteiger partial charge in [0.05, 0.1) is 6.20 Å². The van der Waals surface area contributed by atoms with Gasteiger partial charge >= 0.3 is 0 Å². The summed E-state index contributed by atoms with van der Waals surface area (Å²) in [5.74, 6) is 0.839. The Morgan fingerprint density at radius 2 is 2.00 bits per heavy atom. The molecule has 1 saturated carbocycles. The van der Waals surface area contributed by atoms with Crippen LogP contribution in [0.25, 0.3) is 0 Å². The molecule has 0 N–H and O–H groups in total. The molecule has 0 spiro atoms. The first-order chi connectivity index (χ1) is 6.95. The number of rotatable bonds is 1. The van der Waals surface area contributed by atoms with E-state index in [1.54, 1.807) is 11.3 Å². The third kappa shape index (κ3) is 1.28. The summed E-state index contributed by atoms with van der Waals surface area (Å²) in [7, 11) is 0. The van der Waals surface area contributed by atoms with E-state index in [0.717, 1.165) is 12.5 Å². The molecule has 0 atom stereocenters. The summed E-state index contributed by atoms with van der Waals surface area (Å²) in [6.45, 7) is 1.15. The van der Waals surface area contributed by atoms with Gasteiger partial charge in [0.1, 0.15) is 0 Å². The van der Waals surface area contributed by atoms with Gasteiger partial charge in [0.2, 0.25) is 0 Å². The summed E-state index contributed by atoms with van der Waals surface area (Å²) in [4.78, 5) is 0. The molecule has 3 rings (SSSR count). The SMILES string of the molecule is c1nn2c(c1C1CCCCC1)CCC2. The van der Waals surface area contributed by atoms with E-state index in [1.165, 1.54) is 44.9 Å². The molecule has 0 bridgehead atoms. The van der Waals surface area contributed by atoms with Crippen molar-refractivity contribution in [1.29, 1.82) is 0 Å². The van der Waals surface area contributed by atoms with Crippen molar-refractivity contribution in [1.82, 2.24) is 9.78 Å². The number of hydrogen-bond donors (Lipinski definition) is 0. The van der Waals surface area contributed by atoms with E-state index in [1.807, 2.05) is 0 Å². The Hall–Kier alpha value is -0.790. The average molecular weight is 190 g/mol. The molecular weight excluding hydrogens is 172 g/mol. The molecule has 2 heterocycles. The van der Waals surface area contributed by atoms with Gasteiger partial charge < -0.3 is 0 Å². The van der Waals surface area contributed by atoms with Crippen molar-refractivity contribution in [3.63, 3.8) is 0 Å². The van der Waals surface area contributed by atoms with Crippen molar-refractivity contribution in [2.75, 3.05) is 0 Å². The molecule has 0 radical (unpaired) electrons. The molecule has 2 aliphatic rings. The minimum atomic E-state index is 0.839. The fraction of sp³-hybridized carbons (Fsp3) is 0.750. The predicted octanol–water partition coefficient (Wildman–Crippen LogP) is 2.88. The van der Waals surface area contributed by atoms with Crippen LogP contribution in [0.2, 0.25) is 0 Å². The van der Waals surface area contributed by atoms with Gasteiger partial charge in [0.15, 0.2) is 0 Å². The summed E-state index contributed by atoms with van der Waals surface area (Å²) >= 11 is 0. The molecule has 2 heteroatoms. The second-order valence-electron chi connectivity index (χ2n) is 4.71. The van der Waals surface area contributed by atoms with Gasteiger partial charge in [0, 0.05) is 12.2 Å². The number of aromatic nitrogens is 2. The van der Waals surface area contributed by atoms with Crippen LogP contribution in [0, 0.1) is 0 Å². The number of hydrogen-bond acceptors (Lipinski definition) is 1. The van der Waals surface area contributed by atoms with Crippen molar-refractivity contribution in [2.45, 2.75) is 57.4 Å². The lowest BCUT2D eigenvalue weighted by Gasteiger charge is -2.21. The van der Waals surface area contributed by atoms with Crippen LogP contribution in [0.15, 0.2) is 6.20 Å². The first-order valence-electron chi connectivity index (χ1n) is 6.00. The number of fused-ring (bicyclic) bond motifs is 1. The molecular formula is C12H18N2. The third-order valence-corrected chi connectivity index (χ3v) is 3.81. The summed E-state index contributed by atoms with van der Waals surface area (Å²) in [6.07, 6.45) is 11.8. The standard InChI is InChI=1S/C12H18N2/c1-2-5-10(6-3-1)11-9-13-14-8-4-7-12(11)14/h9-10H,1-8H2. The minimum Gasteiger partial charge on any atom is -0.269 e. The Bertz CT molecular complexity index is 321. The first kappa shape index (κ1) is 8.51. The topological polar surface area (TPSA) is 17.8 Å². The van der Waals surface area contributed by atoms with Gasteiger partial charge in [-0.3, -0.25) is 4.68 Å². The van der Waals surface area contributed by atoms with E-state index >= 15 is 0 Å². The predicted molar refractivity (Wildman–Crippen MR) is 56.4 cm³/mol. The lowest BCUT2D eigenvalue weighted by atomic mass is 9.84. The van der Waals surface area contributed by atoms with Gasteiger partial charge in [0.25, 0.3) is 0 Å². The van der Waals surface area contributed by atoms with Gasteiger partial charge in [-0.05, 0) is 37.2 Å². The molecule has 76 valence electrons. The highest BCUT2D eigenvalue weighted by Gasteiger charge is 2.23. The van der Waals surface area contributed by atoms with Gasteiger partial charge in [-0.25, -0.2) is 0 Å². The van der Waals surface area contributed by atoms with Crippen molar-refractivity contribution < 1.29 is 0 Å².